The molecular weight excluding hydrogens is 252 g/mol. The highest BCUT2D eigenvalue weighted by Gasteiger charge is 2.31. The maximum Gasteiger partial charge on any atom is 0.213 e. The molecule has 2 N–H and O–H groups in total. The molecule has 2 fully saturated rings. The molecule has 1 aromatic heterocycles. The van der Waals surface area contributed by atoms with Gasteiger partial charge in [0.25, 0.3) is 0 Å². The van der Waals surface area contributed by atoms with Crippen LogP contribution in [0.3, 0.4) is 0 Å². The van der Waals surface area contributed by atoms with Crippen LogP contribution >= 0.6 is 0 Å². The topological polar surface area (TPSA) is 63.0 Å². The van der Waals surface area contributed by atoms with Gasteiger partial charge in [-0.2, -0.15) is 4.98 Å². The molecule has 3 atom stereocenters. The molecule has 20 heavy (non-hydrogen) atoms. The second-order valence-electron chi connectivity index (χ2n) is 6.16. The van der Waals surface area contributed by atoms with Gasteiger partial charge in [-0.05, 0) is 38.1 Å². The Bertz CT molecular complexity index is 375. The molecule has 1 saturated heterocycles. The van der Waals surface area contributed by atoms with E-state index in [0.717, 1.165) is 30.7 Å². The van der Waals surface area contributed by atoms with Crippen LogP contribution in [0.15, 0.2) is 10.9 Å². The maximum atomic E-state index is 4.77. The number of rotatable bonds is 5. The van der Waals surface area contributed by atoms with E-state index < -0.39 is 0 Å². The van der Waals surface area contributed by atoms with E-state index in [0.29, 0.717) is 6.04 Å². The van der Waals surface area contributed by atoms with Gasteiger partial charge >= 0.3 is 0 Å². The Morgan fingerprint density at radius 2 is 2.10 bits per heavy atom. The SMILES string of the molecule is c1nc(CCNC2CCCCC2C2CCCCN2)no1. The average Bonchev–Trinajstić information content (AvgIpc) is 3.02. The fourth-order valence-electron chi connectivity index (χ4n) is 3.81. The fourth-order valence-corrected chi connectivity index (χ4v) is 3.81. The van der Waals surface area contributed by atoms with Gasteiger partial charge in [-0.3, -0.25) is 0 Å². The third-order valence-electron chi connectivity index (χ3n) is 4.85. The minimum atomic E-state index is 0.659. The van der Waals surface area contributed by atoms with Crippen LogP contribution in [0.5, 0.6) is 0 Å². The monoisotopic (exact) mass is 278 g/mol. The summed E-state index contributed by atoms with van der Waals surface area (Å²) in [7, 11) is 0. The summed E-state index contributed by atoms with van der Waals surface area (Å²) >= 11 is 0. The summed E-state index contributed by atoms with van der Waals surface area (Å²) in [5.41, 5.74) is 0. The number of nitrogens with one attached hydrogen (secondary N) is 2. The Kier molecular flexibility index (Phi) is 5.03. The molecule has 0 spiro atoms. The molecule has 5 nitrogen and oxygen atoms in total. The minimum Gasteiger partial charge on any atom is -0.343 e. The minimum absolute atomic E-state index is 0.659. The molecule has 3 unspecified atom stereocenters. The van der Waals surface area contributed by atoms with E-state index in [1.54, 1.807) is 0 Å². The first kappa shape index (κ1) is 14.0. The molecule has 1 saturated carbocycles. The van der Waals surface area contributed by atoms with Gasteiger partial charge < -0.3 is 15.2 Å². The van der Waals surface area contributed by atoms with Crippen LogP contribution in [0.4, 0.5) is 0 Å². The highest BCUT2D eigenvalue weighted by Crippen LogP contribution is 2.30. The van der Waals surface area contributed by atoms with Crippen molar-refractivity contribution in [3.8, 4) is 0 Å². The van der Waals surface area contributed by atoms with Crippen LogP contribution < -0.4 is 10.6 Å². The predicted molar refractivity (Wildman–Crippen MR) is 77.4 cm³/mol. The van der Waals surface area contributed by atoms with Crippen LogP contribution in [0, 0.1) is 5.92 Å². The molecule has 112 valence electrons. The first-order chi connectivity index (χ1) is 9.93. The molecule has 3 rings (SSSR count). The summed E-state index contributed by atoms with van der Waals surface area (Å²) < 4.78 is 4.77. The molecule has 1 aromatic rings. The Labute approximate surface area is 120 Å². The van der Waals surface area contributed by atoms with Gasteiger partial charge in [-0.1, -0.05) is 24.4 Å². The Hall–Kier alpha value is -0.940. The van der Waals surface area contributed by atoms with Gasteiger partial charge in [-0.25, -0.2) is 0 Å². The summed E-state index contributed by atoms with van der Waals surface area (Å²) in [6, 6.07) is 1.39. The molecule has 2 heterocycles. The van der Waals surface area contributed by atoms with Crippen molar-refractivity contribution in [2.45, 2.75) is 63.5 Å². The standard InChI is InChI=1S/C15H26N4O/c1-2-6-14(17-10-8-15-18-11-20-19-15)12(5-1)13-7-3-4-9-16-13/h11-14,16-17H,1-10H2. The van der Waals surface area contributed by atoms with Gasteiger partial charge in [0.05, 0.1) is 0 Å². The lowest BCUT2D eigenvalue weighted by molar-refractivity contribution is 0.182. The molecule has 0 amide bonds. The molecule has 2 aliphatic rings. The quantitative estimate of drug-likeness (QED) is 0.861. The second-order valence-corrected chi connectivity index (χ2v) is 6.16. The molecule has 1 aliphatic heterocycles. The smallest absolute Gasteiger partial charge is 0.213 e. The van der Waals surface area contributed by atoms with Crippen molar-refractivity contribution in [3.63, 3.8) is 0 Å². The molecular formula is C15H26N4O. The van der Waals surface area contributed by atoms with E-state index in [9.17, 15) is 0 Å². The number of piperidine rings is 1. The van der Waals surface area contributed by atoms with E-state index >= 15 is 0 Å². The maximum absolute atomic E-state index is 4.77. The van der Waals surface area contributed by atoms with Crippen LogP contribution in [0.25, 0.3) is 0 Å². The van der Waals surface area contributed by atoms with Crippen molar-refractivity contribution in [3.05, 3.63) is 12.2 Å². The highest BCUT2D eigenvalue weighted by molar-refractivity contribution is 4.91. The molecule has 1 aliphatic carbocycles. The third kappa shape index (κ3) is 3.58. The van der Waals surface area contributed by atoms with Crippen molar-refractivity contribution in [2.75, 3.05) is 13.1 Å². The largest absolute Gasteiger partial charge is 0.343 e. The van der Waals surface area contributed by atoms with Crippen molar-refractivity contribution >= 4 is 0 Å². The third-order valence-corrected chi connectivity index (χ3v) is 4.85. The lowest BCUT2D eigenvalue weighted by Gasteiger charge is -2.40. The van der Waals surface area contributed by atoms with Crippen molar-refractivity contribution < 1.29 is 4.52 Å². The summed E-state index contributed by atoms with van der Waals surface area (Å²) in [5, 5.41) is 11.4. The van der Waals surface area contributed by atoms with E-state index in [4.69, 9.17) is 4.52 Å². The number of nitrogens with zero attached hydrogens (tertiary/aromatic N) is 2. The van der Waals surface area contributed by atoms with Gasteiger partial charge in [0, 0.05) is 25.0 Å². The summed E-state index contributed by atoms with van der Waals surface area (Å²) in [6.07, 6.45) is 11.8. The summed E-state index contributed by atoms with van der Waals surface area (Å²) in [5.74, 6) is 1.61. The van der Waals surface area contributed by atoms with E-state index in [1.165, 1.54) is 57.9 Å². The van der Waals surface area contributed by atoms with E-state index in [2.05, 4.69) is 20.8 Å². The summed E-state index contributed by atoms with van der Waals surface area (Å²) in [4.78, 5) is 4.08. The Morgan fingerprint density at radius 3 is 2.90 bits per heavy atom. The van der Waals surface area contributed by atoms with Crippen LogP contribution in [0.2, 0.25) is 0 Å². The van der Waals surface area contributed by atoms with E-state index in [1.807, 2.05) is 0 Å². The van der Waals surface area contributed by atoms with Crippen LogP contribution in [-0.4, -0.2) is 35.3 Å². The van der Waals surface area contributed by atoms with Gasteiger partial charge in [0.2, 0.25) is 6.39 Å². The fraction of sp³-hybridized carbons (Fsp3) is 0.867. The zero-order valence-electron chi connectivity index (χ0n) is 12.2. The first-order valence-corrected chi connectivity index (χ1v) is 8.15. The van der Waals surface area contributed by atoms with Gasteiger partial charge in [-0.15, -0.1) is 0 Å². The lowest BCUT2D eigenvalue weighted by atomic mass is 9.77. The zero-order chi connectivity index (χ0) is 13.6. The first-order valence-electron chi connectivity index (χ1n) is 8.15. The molecule has 0 radical (unpaired) electrons. The van der Waals surface area contributed by atoms with Gasteiger partial charge in [0.1, 0.15) is 0 Å². The summed E-state index contributed by atoms with van der Waals surface area (Å²) in [6.45, 7) is 2.16. The Morgan fingerprint density at radius 1 is 1.20 bits per heavy atom. The second kappa shape index (κ2) is 7.18. The Balaban J connectivity index is 1.49. The van der Waals surface area contributed by atoms with Crippen molar-refractivity contribution in [1.29, 1.82) is 0 Å². The lowest BCUT2D eigenvalue weighted by Crippen LogP contribution is -2.50. The van der Waals surface area contributed by atoms with Crippen LogP contribution in [-0.2, 0) is 6.42 Å². The number of aromatic nitrogens is 2. The molecule has 0 bridgehead atoms. The van der Waals surface area contributed by atoms with E-state index in [-0.39, 0.29) is 0 Å². The van der Waals surface area contributed by atoms with Crippen molar-refractivity contribution in [1.82, 2.24) is 20.8 Å². The van der Waals surface area contributed by atoms with Crippen molar-refractivity contribution in [2.24, 2.45) is 5.92 Å². The van der Waals surface area contributed by atoms with Gasteiger partial charge in [0.15, 0.2) is 5.82 Å². The molecule has 0 aromatic carbocycles. The zero-order valence-corrected chi connectivity index (χ0v) is 12.2. The predicted octanol–water partition coefficient (Wildman–Crippen LogP) is 1.90. The average molecular weight is 278 g/mol. The van der Waals surface area contributed by atoms with Crippen LogP contribution in [0.1, 0.15) is 50.8 Å². The number of hydrogen-bond donors (Lipinski definition) is 2. The number of hydrogen-bond acceptors (Lipinski definition) is 5. The normalized spacial score (nSPS) is 31.3. The highest BCUT2D eigenvalue weighted by atomic mass is 16.5. The molecule has 5 heteroatoms.